The standard InChI is InChI=1S/C19H18FN3OS/c1-23(14-7-3-2-4-8-14)12-11-21-18(24)17-13-25-19(22-17)15-9-5-6-10-16(15)20/h2-10,13H,11-12H2,1H3,(H,21,24). The molecule has 4 nitrogen and oxygen atoms in total. The summed E-state index contributed by atoms with van der Waals surface area (Å²) in [4.78, 5) is 18.5. The van der Waals surface area contributed by atoms with Crippen LogP contribution in [0.15, 0.2) is 60.0 Å². The third-order valence-corrected chi connectivity index (χ3v) is 4.65. The van der Waals surface area contributed by atoms with Crippen LogP contribution in [0.1, 0.15) is 10.5 Å². The molecule has 0 unspecified atom stereocenters. The first-order chi connectivity index (χ1) is 12.1. The summed E-state index contributed by atoms with van der Waals surface area (Å²) >= 11 is 1.26. The molecule has 1 aromatic heterocycles. The van der Waals surface area contributed by atoms with E-state index in [1.807, 2.05) is 37.4 Å². The van der Waals surface area contributed by atoms with E-state index in [0.29, 0.717) is 29.4 Å². The number of carbonyl (C=O) groups is 1. The molecule has 0 radical (unpaired) electrons. The number of nitrogens with zero attached hydrogens (tertiary/aromatic N) is 2. The number of hydrogen-bond donors (Lipinski definition) is 1. The predicted molar refractivity (Wildman–Crippen MR) is 99.6 cm³/mol. The molecule has 0 aliphatic rings. The minimum Gasteiger partial charge on any atom is -0.373 e. The molecule has 1 N–H and O–H groups in total. The van der Waals surface area contributed by atoms with Gasteiger partial charge in [0.1, 0.15) is 16.5 Å². The van der Waals surface area contributed by atoms with Gasteiger partial charge in [-0.1, -0.05) is 30.3 Å². The molecule has 2 aromatic carbocycles. The fraction of sp³-hybridized carbons (Fsp3) is 0.158. The molecule has 1 amide bonds. The number of nitrogens with one attached hydrogen (secondary N) is 1. The average Bonchev–Trinajstić information content (AvgIpc) is 3.12. The fourth-order valence-corrected chi connectivity index (χ4v) is 3.20. The van der Waals surface area contributed by atoms with Gasteiger partial charge in [0.2, 0.25) is 0 Å². The van der Waals surface area contributed by atoms with Gasteiger partial charge in [-0.15, -0.1) is 11.3 Å². The molecule has 0 fully saturated rings. The number of halogens is 1. The van der Waals surface area contributed by atoms with Crippen LogP contribution < -0.4 is 10.2 Å². The number of amides is 1. The number of para-hydroxylation sites is 1. The van der Waals surface area contributed by atoms with Crippen LogP contribution in [0, 0.1) is 5.82 Å². The number of benzene rings is 2. The highest BCUT2D eigenvalue weighted by Gasteiger charge is 2.13. The number of aromatic nitrogens is 1. The van der Waals surface area contributed by atoms with Gasteiger partial charge >= 0.3 is 0 Å². The summed E-state index contributed by atoms with van der Waals surface area (Å²) in [6.45, 7) is 1.18. The van der Waals surface area contributed by atoms with Crippen LogP contribution in [0.4, 0.5) is 10.1 Å². The normalized spacial score (nSPS) is 10.5. The van der Waals surface area contributed by atoms with Crippen molar-refractivity contribution in [3.63, 3.8) is 0 Å². The molecule has 0 bridgehead atoms. The van der Waals surface area contributed by atoms with Crippen molar-refractivity contribution in [1.82, 2.24) is 10.3 Å². The minimum absolute atomic E-state index is 0.250. The summed E-state index contributed by atoms with van der Waals surface area (Å²) in [6.07, 6.45) is 0. The van der Waals surface area contributed by atoms with E-state index in [1.54, 1.807) is 23.6 Å². The molecule has 0 saturated heterocycles. The van der Waals surface area contributed by atoms with Crippen LogP contribution in [-0.4, -0.2) is 31.0 Å². The lowest BCUT2D eigenvalue weighted by atomic mass is 10.2. The van der Waals surface area contributed by atoms with E-state index < -0.39 is 0 Å². The van der Waals surface area contributed by atoms with Crippen molar-refractivity contribution in [3.05, 3.63) is 71.5 Å². The van der Waals surface area contributed by atoms with Crippen molar-refractivity contribution in [2.75, 3.05) is 25.0 Å². The Morgan fingerprint density at radius 3 is 2.64 bits per heavy atom. The molecule has 3 rings (SSSR count). The Morgan fingerprint density at radius 2 is 1.88 bits per heavy atom. The van der Waals surface area contributed by atoms with Crippen LogP contribution in [0.2, 0.25) is 0 Å². The zero-order valence-corrected chi connectivity index (χ0v) is 14.6. The van der Waals surface area contributed by atoms with Gasteiger partial charge in [0.15, 0.2) is 0 Å². The maximum Gasteiger partial charge on any atom is 0.270 e. The van der Waals surface area contributed by atoms with Gasteiger partial charge in [-0.3, -0.25) is 4.79 Å². The Morgan fingerprint density at radius 1 is 1.16 bits per heavy atom. The van der Waals surface area contributed by atoms with E-state index in [2.05, 4.69) is 15.2 Å². The van der Waals surface area contributed by atoms with Crippen molar-refractivity contribution in [3.8, 4) is 10.6 Å². The van der Waals surface area contributed by atoms with Crippen LogP contribution in [0.3, 0.4) is 0 Å². The first-order valence-electron chi connectivity index (χ1n) is 7.90. The number of rotatable bonds is 6. The van der Waals surface area contributed by atoms with Crippen molar-refractivity contribution in [2.24, 2.45) is 0 Å². The summed E-state index contributed by atoms with van der Waals surface area (Å²) in [7, 11) is 1.97. The summed E-state index contributed by atoms with van der Waals surface area (Å²) in [6, 6.07) is 16.4. The van der Waals surface area contributed by atoms with Gasteiger partial charge in [0.25, 0.3) is 5.91 Å². The van der Waals surface area contributed by atoms with Gasteiger partial charge in [0.05, 0.1) is 0 Å². The SMILES string of the molecule is CN(CCNC(=O)c1csc(-c2ccccc2F)n1)c1ccccc1. The van der Waals surface area contributed by atoms with Gasteiger partial charge in [-0.2, -0.15) is 0 Å². The zero-order valence-electron chi connectivity index (χ0n) is 13.8. The molecule has 3 aromatic rings. The van der Waals surface area contributed by atoms with Crippen LogP contribution in [0.25, 0.3) is 10.6 Å². The maximum absolute atomic E-state index is 13.8. The Kier molecular flexibility index (Phi) is 5.40. The van der Waals surface area contributed by atoms with Crippen LogP contribution in [-0.2, 0) is 0 Å². The lowest BCUT2D eigenvalue weighted by molar-refractivity contribution is 0.0950. The molecule has 6 heteroatoms. The quantitative estimate of drug-likeness (QED) is 0.731. The van der Waals surface area contributed by atoms with Gasteiger partial charge in [-0.05, 0) is 24.3 Å². The fourth-order valence-electron chi connectivity index (χ4n) is 2.38. The lowest BCUT2D eigenvalue weighted by Gasteiger charge is -2.19. The molecule has 128 valence electrons. The molecule has 1 heterocycles. The van der Waals surface area contributed by atoms with Gasteiger partial charge in [0, 0.05) is 36.8 Å². The molecule has 0 aliphatic carbocycles. The van der Waals surface area contributed by atoms with Gasteiger partial charge < -0.3 is 10.2 Å². The highest BCUT2D eigenvalue weighted by atomic mass is 32.1. The Hall–Kier alpha value is -2.73. The van der Waals surface area contributed by atoms with Crippen molar-refractivity contribution in [1.29, 1.82) is 0 Å². The molecule has 0 spiro atoms. The highest BCUT2D eigenvalue weighted by Crippen LogP contribution is 2.25. The monoisotopic (exact) mass is 355 g/mol. The second-order valence-electron chi connectivity index (χ2n) is 5.53. The minimum atomic E-state index is -0.340. The van der Waals surface area contributed by atoms with E-state index in [9.17, 15) is 9.18 Å². The largest absolute Gasteiger partial charge is 0.373 e. The van der Waals surface area contributed by atoms with Crippen molar-refractivity contribution < 1.29 is 9.18 Å². The molecule has 0 aliphatic heterocycles. The predicted octanol–water partition coefficient (Wildman–Crippen LogP) is 3.82. The van der Waals surface area contributed by atoms with E-state index in [0.717, 1.165) is 5.69 Å². The van der Waals surface area contributed by atoms with Crippen LogP contribution >= 0.6 is 11.3 Å². The van der Waals surface area contributed by atoms with Gasteiger partial charge in [-0.25, -0.2) is 9.37 Å². The zero-order chi connectivity index (χ0) is 17.6. The lowest BCUT2D eigenvalue weighted by Crippen LogP contribution is -2.33. The molecular weight excluding hydrogens is 337 g/mol. The Balaban J connectivity index is 1.57. The first-order valence-corrected chi connectivity index (χ1v) is 8.78. The van der Waals surface area contributed by atoms with E-state index in [4.69, 9.17) is 0 Å². The van der Waals surface area contributed by atoms with E-state index in [-0.39, 0.29) is 11.7 Å². The van der Waals surface area contributed by atoms with Crippen molar-refractivity contribution in [2.45, 2.75) is 0 Å². The van der Waals surface area contributed by atoms with E-state index in [1.165, 1.54) is 17.4 Å². The second kappa shape index (κ2) is 7.90. The number of likely N-dealkylation sites (N-methyl/N-ethyl adjacent to an activating group) is 1. The third-order valence-electron chi connectivity index (χ3n) is 3.77. The van der Waals surface area contributed by atoms with E-state index >= 15 is 0 Å². The molecular formula is C19H18FN3OS. The Labute approximate surface area is 150 Å². The smallest absolute Gasteiger partial charge is 0.270 e. The number of carbonyl (C=O) groups excluding carboxylic acids is 1. The van der Waals surface area contributed by atoms with Crippen molar-refractivity contribution >= 4 is 22.9 Å². The summed E-state index contributed by atoms with van der Waals surface area (Å²) < 4.78 is 13.8. The molecule has 25 heavy (non-hydrogen) atoms. The summed E-state index contributed by atoms with van der Waals surface area (Å²) in [5, 5.41) is 5.00. The average molecular weight is 355 g/mol. The number of anilines is 1. The summed E-state index contributed by atoms with van der Waals surface area (Å²) in [5.41, 5.74) is 1.81. The molecule has 0 saturated carbocycles. The topological polar surface area (TPSA) is 45.2 Å². The Bertz CT molecular complexity index is 851. The maximum atomic E-state index is 13.8. The first kappa shape index (κ1) is 17.1. The summed E-state index contributed by atoms with van der Waals surface area (Å²) in [5.74, 6) is -0.589. The van der Waals surface area contributed by atoms with Crippen LogP contribution in [0.5, 0.6) is 0 Å². The second-order valence-corrected chi connectivity index (χ2v) is 6.39. The number of thiazole rings is 1. The number of hydrogen-bond acceptors (Lipinski definition) is 4. The third kappa shape index (κ3) is 4.22. The highest BCUT2D eigenvalue weighted by molar-refractivity contribution is 7.13. The molecule has 0 atom stereocenters.